The summed E-state index contributed by atoms with van der Waals surface area (Å²) in [5.74, 6) is -0.0934. The molecule has 0 aliphatic rings. The SMILES string of the molecule is O=C(O)c1ccnc(OCc2ccco2)c1. The van der Waals surface area contributed by atoms with Crippen LogP contribution in [0.3, 0.4) is 0 Å². The Morgan fingerprint density at radius 3 is 3.06 bits per heavy atom. The molecule has 0 saturated heterocycles. The van der Waals surface area contributed by atoms with Crippen LogP contribution in [0, 0.1) is 0 Å². The van der Waals surface area contributed by atoms with E-state index in [1.807, 2.05) is 0 Å². The summed E-state index contributed by atoms with van der Waals surface area (Å²) in [6.45, 7) is 0.225. The lowest BCUT2D eigenvalue weighted by molar-refractivity contribution is 0.0696. The van der Waals surface area contributed by atoms with E-state index in [0.717, 1.165) is 0 Å². The van der Waals surface area contributed by atoms with Crippen LogP contribution in [0.5, 0.6) is 5.88 Å². The number of hydrogen-bond acceptors (Lipinski definition) is 4. The minimum absolute atomic E-state index is 0.143. The summed E-state index contributed by atoms with van der Waals surface area (Å²) < 4.78 is 10.3. The number of ether oxygens (including phenoxy) is 1. The molecule has 0 atom stereocenters. The first-order chi connectivity index (χ1) is 7.75. The van der Waals surface area contributed by atoms with Crippen LogP contribution < -0.4 is 4.74 Å². The molecule has 0 aliphatic heterocycles. The van der Waals surface area contributed by atoms with E-state index in [-0.39, 0.29) is 18.1 Å². The molecular weight excluding hydrogens is 210 g/mol. The average molecular weight is 219 g/mol. The first kappa shape index (κ1) is 10.2. The van der Waals surface area contributed by atoms with Gasteiger partial charge in [0, 0.05) is 12.3 Å². The second-order valence-electron chi connectivity index (χ2n) is 3.06. The lowest BCUT2D eigenvalue weighted by Gasteiger charge is -2.03. The van der Waals surface area contributed by atoms with Crippen LogP contribution in [0.25, 0.3) is 0 Å². The lowest BCUT2D eigenvalue weighted by Crippen LogP contribution is -2.00. The molecule has 2 aromatic heterocycles. The fourth-order valence-corrected chi connectivity index (χ4v) is 1.16. The second kappa shape index (κ2) is 4.48. The Morgan fingerprint density at radius 1 is 1.50 bits per heavy atom. The van der Waals surface area contributed by atoms with Gasteiger partial charge >= 0.3 is 5.97 Å². The van der Waals surface area contributed by atoms with E-state index in [1.165, 1.54) is 18.3 Å². The third-order valence-corrected chi connectivity index (χ3v) is 1.92. The highest BCUT2D eigenvalue weighted by Gasteiger charge is 2.05. The van der Waals surface area contributed by atoms with E-state index < -0.39 is 5.97 Å². The molecule has 0 spiro atoms. The molecule has 0 aromatic carbocycles. The Bertz CT molecular complexity index is 478. The molecule has 2 aromatic rings. The zero-order valence-corrected chi connectivity index (χ0v) is 8.29. The number of rotatable bonds is 4. The smallest absolute Gasteiger partial charge is 0.335 e. The fraction of sp³-hybridized carbons (Fsp3) is 0.0909. The molecule has 0 bridgehead atoms. The Balaban J connectivity index is 2.04. The summed E-state index contributed by atoms with van der Waals surface area (Å²) in [6.07, 6.45) is 2.93. The van der Waals surface area contributed by atoms with Crippen molar-refractivity contribution in [2.45, 2.75) is 6.61 Å². The minimum Gasteiger partial charge on any atom is -0.478 e. The highest BCUT2D eigenvalue weighted by atomic mass is 16.5. The number of carboxylic acids is 1. The van der Waals surface area contributed by atoms with Crippen LogP contribution in [0.15, 0.2) is 41.1 Å². The third kappa shape index (κ3) is 2.38. The molecule has 16 heavy (non-hydrogen) atoms. The van der Waals surface area contributed by atoms with E-state index >= 15 is 0 Å². The second-order valence-corrected chi connectivity index (χ2v) is 3.06. The van der Waals surface area contributed by atoms with Gasteiger partial charge in [0.2, 0.25) is 5.88 Å². The van der Waals surface area contributed by atoms with Gasteiger partial charge in [0.15, 0.2) is 0 Å². The molecule has 1 N–H and O–H groups in total. The topological polar surface area (TPSA) is 72.6 Å². The van der Waals surface area contributed by atoms with Gasteiger partial charge in [-0.05, 0) is 18.2 Å². The van der Waals surface area contributed by atoms with Crippen LogP contribution in [0.4, 0.5) is 0 Å². The van der Waals surface area contributed by atoms with Gasteiger partial charge in [-0.15, -0.1) is 0 Å². The summed E-state index contributed by atoms with van der Waals surface area (Å²) in [4.78, 5) is 14.6. The number of hydrogen-bond donors (Lipinski definition) is 1. The first-order valence-corrected chi connectivity index (χ1v) is 4.60. The van der Waals surface area contributed by atoms with Crippen molar-refractivity contribution >= 4 is 5.97 Å². The van der Waals surface area contributed by atoms with Gasteiger partial charge in [-0.2, -0.15) is 0 Å². The first-order valence-electron chi connectivity index (χ1n) is 4.60. The fourth-order valence-electron chi connectivity index (χ4n) is 1.16. The summed E-state index contributed by atoms with van der Waals surface area (Å²) in [5, 5.41) is 8.76. The largest absolute Gasteiger partial charge is 0.478 e. The number of aromatic carboxylic acids is 1. The van der Waals surface area contributed by atoms with E-state index in [9.17, 15) is 4.79 Å². The van der Waals surface area contributed by atoms with Gasteiger partial charge in [-0.1, -0.05) is 0 Å². The van der Waals surface area contributed by atoms with Gasteiger partial charge in [-0.25, -0.2) is 9.78 Å². The van der Waals surface area contributed by atoms with Crippen molar-refractivity contribution in [3.63, 3.8) is 0 Å². The van der Waals surface area contributed by atoms with Crippen molar-refractivity contribution in [2.75, 3.05) is 0 Å². The third-order valence-electron chi connectivity index (χ3n) is 1.92. The van der Waals surface area contributed by atoms with Crippen LogP contribution in [-0.4, -0.2) is 16.1 Å². The Morgan fingerprint density at radius 2 is 2.38 bits per heavy atom. The van der Waals surface area contributed by atoms with Crippen molar-refractivity contribution in [3.8, 4) is 5.88 Å². The number of nitrogens with zero attached hydrogens (tertiary/aromatic N) is 1. The van der Waals surface area contributed by atoms with Gasteiger partial charge in [0.05, 0.1) is 11.8 Å². The normalized spacial score (nSPS) is 10.0. The molecule has 82 valence electrons. The van der Waals surface area contributed by atoms with E-state index in [1.54, 1.807) is 18.4 Å². The summed E-state index contributed by atoms with van der Waals surface area (Å²) in [6, 6.07) is 6.29. The van der Waals surface area contributed by atoms with Gasteiger partial charge in [0.1, 0.15) is 12.4 Å². The predicted molar refractivity (Wildman–Crippen MR) is 54.2 cm³/mol. The number of pyridine rings is 1. The maximum Gasteiger partial charge on any atom is 0.335 e. The lowest BCUT2D eigenvalue weighted by atomic mass is 10.3. The Kier molecular flexibility index (Phi) is 2.86. The summed E-state index contributed by atoms with van der Waals surface area (Å²) >= 11 is 0. The average Bonchev–Trinajstić information content (AvgIpc) is 2.79. The summed E-state index contributed by atoms with van der Waals surface area (Å²) in [7, 11) is 0. The molecular formula is C11H9NO4. The predicted octanol–water partition coefficient (Wildman–Crippen LogP) is 1.95. The van der Waals surface area contributed by atoms with Crippen molar-refractivity contribution < 1.29 is 19.1 Å². The molecule has 5 nitrogen and oxygen atoms in total. The molecule has 0 fully saturated rings. The number of carbonyl (C=O) groups is 1. The van der Waals surface area contributed by atoms with Crippen LogP contribution in [0.2, 0.25) is 0 Å². The van der Waals surface area contributed by atoms with Gasteiger partial charge in [0.25, 0.3) is 0 Å². The highest BCUT2D eigenvalue weighted by Crippen LogP contribution is 2.11. The van der Waals surface area contributed by atoms with Crippen molar-refractivity contribution in [2.24, 2.45) is 0 Å². The maximum atomic E-state index is 10.7. The highest BCUT2D eigenvalue weighted by molar-refractivity contribution is 5.87. The Hall–Kier alpha value is -2.30. The zero-order chi connectivity index (χ0) is 11.4. The minimum atomic E-state index is -1.01. The van der Waals surface area contributed by atoms with E-state index in [0.29, 0.717) is 5.76 Å². The molecule has 0 saturated carbocycles. The van der Waals surface area contributed by atoms with Gasteiger partial charge in [-0.3, -0.25) is 0 Å². The molecule has 0 radical (unpaired) electrons. The Labute approximate surface area is 91.3 Å². The van der Waals surface area contributed by atoms with Crippen molar-refractivity contribution in [1.29, 1.82) is 0 Å². The summed E-state index contributed by atoms with van der Waals surface area (Å²) in [5.41, 5.74) is 0.143. The van der Waals surface area contributed by atoms with E-state index in [4.69, 9.17) is 14.3 Å². The quantitative estimate of drug-likeness (QED) is 0.850. The zero-order valence-electron chi connectivity index (χ0n) is 8.29. The van der Waals surface area contributed by atoms with Crippen LogP contribution >= 0.6 is 0 Å². The molecule has 0 unspecified atom stereocenters. The monoisotopic (exact) mass is 219 g/mol. The number of aromatic nitrogens is 1. The molecule has 2 heterocycles. The number of furan rings is 1. The molecule has 0 aliphatic carbocycles. The molecule has 5 heteroatoms. The standard InChI is InChI=1S/C11H9NO4/c13-11(14)8-3-4-12-10(6-8)16-7-9-2-1-5-15-9/h1-6H,7H2,(H,13,14). The van der Waals surface area contributed by atoms with Crippen molar-refractivity contribution in [1.82, 2.24) is 4.98 Å². The van der Waals surface area contributed by atoms with Crippen LogP contribution in [0.1, 0.15) is 16.1 Å². The van der Waals surface area contributed by atoms with Crippen molar-refractivity contribution in [3.05, 3.63) is 48.0 Å². The number of carboxylic acid groups (broad SMARTS) is 1. The van der Waals surface area contributed by atoms with Gasteiger partial charge < -0.3 is 14.3 Å². The van der Waals surface area contributed by atoms with E-state index in [2.05, 4.69) is 4.98 Å². The molecule has 0 amide bonds. The van der Waals surface area contributed by atoms with Crippen LogP contribution in [-0.2, 0) is 6.61 Å². The molecule has 2 rings (SSSR count). The maximum absolute atomic E-state index is 10.7.